The van der Waals surface area contributed by atoms with Crippen LogP contribution in [0, 0.1) is 23.7 Å². The third-order valence-electron chi connectivity index (χ3n) is 8.09. The highest BCUT2D eigenvalue weighted by atomic mass is 32.2. The van der Waals surface area contributed by atoms with Gasteiger partial charge in [0, 0.05) is 24.9 Å². The zero-order valence-electron chi connectivity index (χ0n) is 18.7. The summed E-state index contributed by atoms with van der Waals surface area (Å²) < 4.78 is 67.5. The van der Waals surface area contributed by atoms with Crippen LogP contribution in [0.25, 0.3) is 0 Å². The molecule has 2 aromatic carbocycles. The molecule has 0 radical (unpaired) electrons. The molecule has 0 bridgehead atoms. The fourth-order valence-corrected chi connectivity index (χ4v) is 8.32. The topological polar surface area (TPSA) is 54.5 Å². The monoisotopic (exact) mass is 491 g/mol. The smallest absolute Gasteiger partial charge is 0.299 e. The zero-order chi connectivity index (χ0) is 24.1. The maximum absolute atomic E-state index is 13.5. The summed E-state index contributed by atoms with van der Waals surface area (Å²) in [6.45, 7) is 0.304. The number of Topliss-reactive ketones (excluding diaryl/α,β-unsaturated/α-hetero) is 1. The molecule has 0 amide bonds. The van der Waals surface area contributed by atoms with Gasteiger partial charge in [0.1, 0.15) is 5.78 Å². The molecule has 34 heavy (non-hydrogen) atoms. The number of nitrogens with zero attached hydrogens (tertiary/aromatic N) is 1. The molecule has 3 aliphatic rings. The highest BCUT2D eigenvalue weighted by Gasteiger charge is 2.53. The zero-order valence-corrected chi connectivity index (χ0v) is 19.6. The molecule has 8 heteroatoms. The Morgan fingerprint density at radius 3 is 2.32 bits per heavy atom. The Labute approximate surface area is 198 Å². The normalized spacial score (nSPS) is 30.1. The standard InChI is InChI=1S/C26H28F3NO3S/c27-26(28,29)19-9-11-20(12-10-19)34(32,33)30-14-13-18-16-24(31)22(15-17-5-2-1-3-6-17)21-7-4-8-23(30)25(18)21/h1-3,5-6,9-12,18,21-23,25H,4,7-8,13-16H2/t18-,21+,22+,23+,25+/m1/s1. The summed E-state index contributed by atoms with van der Waals surface area (Å²) in [7, 11) is -3.93. The summed E-state index contributed by atoms with van der Waals surface area (Å²) in [5.74, 6) is 0.595. The molecule has 0 unspecified atom stereocenters. The summed E-state index contributed by atoms with van der Waals surface area (Å²) in [6, 6.07) is 13.5. The predicted octanol–water partition coefficient (Wildman–Crippen LogP) is 5.33. The average molecular weight is 492 g/mol. The lowest BCUT2D eigenvalue weighted by molar-refractivity contribution is -0.138. The first-order valence-corrected chi connectivity index (χ1v) is 13.4. The van der Waals surface area contributed by atoms with E-state index in [1.54, 1.807) is 0 Å². The number of sulfonamides is 1. The van der Waals surface area contributed by atoms with Crippen molar-refractivity contribution in [2.24, 2.45) is 23.7 Å². The van der Waals surface area contributed by atoms with Crippen molar-refractivity contribution in [2.45, 2.75) is 55.6 Å². The highest BCUT2D eigenvalue weighted by Crippen LogP contribution is 2.52. The van der Waals surface area contributed by atoms with Gasteiger partial charge in [-0.05, 0) is 73.3 Å². The van der Waals surface area contributed by atoms with Crippen LogP contribution in [0.3, 0.4) is 0 Å². The van der Waals surface area contributed by atoms with Gasteiger partial charge in [0.2, 0.25) is 10.0 Å². The van der Waals surface area contributed by atoms with Crippen molar-refractivity contribution in [2.75, 3.05) is 6.54 Å². The predicted molar refractivity (Wildman–Crippen MR) is 121 cm³/mol. The van der Waals surface area contributed by atoms with Crippen LogP contribution in [-0.2, 0) is 27.4 Å². The number of rotatable bonds is 4. The van der Waals surface area contributed by atoms with E-state index in [0.717, 1.165) is 49.1 Å². The molecular weight excluding hydrogens is 463 g/mol. The fraction of sp³-hybridized carbons (Fsp3) is 0.500. The van der Waals surface area contributed by atoms with Gasteiger partial charge in [-0.2, -0.15) is 17.5 Å². The minimum atomic E-state index is -4.51. The number of halogens is 3. The minimum absolute atomic E-state index is 0.103. The van der Waals surface area contributed by atoms with E-state index < -0.39 is 21.8 Å². The van der Waals surface area contributed by atoms with Crippen LogP contribution in [0.2, 0.25) is 0 Å². The number of ketones is 1. The Balaban J connectivity index is 1.43. The third-order valence-corrected chi connectivity index (χ3v) is 10.0. The Bertz CT molecular complexity index is 1150. The maximum Gasteiger partial charge on any atom is 0.416 e. The fourth-order valence-electron chi connectivity index (χ4n) is 6.62. The summed E-state index contributed by atoms with van der Waals surface area (Å²) in [4.78, 5) is 13.0. The van der Waals surface area contributed by atoms with Crippen molar-refractivity contribution in [1.29, 1.82) is 0 Å². The first kappa shape index (κ1) is 23.5. The van der Waals surface area contributed by atoms with E-state index in [4.69, 9.17) is 0 Å². The second-order valence-electron chi connectivity index (χ2n) is 9.89. The van der Waals surface area contributed by atoms with E-state index in [0.29, 0.717) is 25.8 Å². The molecule has 1 aliphatic heterocycles. The maximum atomic E-state index is 13.5. The molecule has 2 saturated carbocycles. The SMILES string of the molecule is O=C1C[C@H]2CCN(S(=O)(=O)c3ccc(C(F)(F)F)cc3)[C@H]3CCC[C@H]([C@H]23)[C@@H]1Cc1ccccc1. The Morgan fingerprint density at radius 2 is 1.65 bits per heavy atom. The second kappa shape index (κ2) is 8.79. The van der Waals surface area contributed by atoms with E-state index in [1.165, 1.54) is 4.31 Å². The van der Waals surface area contributed by atoms with Crippen LogP contribution in [0.4, 0.5) is 13.2 Å². The quantitative estimate of drug-likeness (QED) is 0.581. The van der Waals surface area contributed by atoms with Crippen LogP contribution < -0.4 is 0 Å². The first-order chi connectivity index (χ1) is 16.2. The van der Waals surface area contributed by atoms with Crippen molar-refractivity contribution < 1.29 is 26.4 Å². The molecule has 182 valence electrons. The average Bonchev–Trinajstić information content (AvgIpc) is 2.82. The van der Waals surface area contributed by atoms with Gasteiger partial charge in [-0.1, -0.05) is 36.8 Å². The van der Waals surface area contributed by atoms with Gasteiger partial charge in [0.05, 0.1) is 10.5 Å². The third kappa shape index (κ3) is 4.19. The molecular formula is C26H28F3NO3S. The molecule has 0 aromatic heterocycles. The van der Waals surface area contributed by atoms with Crippen LogP contribution >= 0.6 is 0 Å². The van der Waals surface area contributed by atoms with Gasteiger partial charge >= 0.3 is 6.18 Å². The number of hydrogen-bond donors (Lipinski definition) is 0. The lowest BCUT2D eigenvalue weighted by atomic mass is 9.56. The lowest BCUT2D eigenvalue weighted by Gasteiger charge is -2.54. The molecule has 2 aliphatic carbocycles. The van der Waals surface area contributed by atoms with E-state index in [9.17, 15) is 26.4 Å². The van der Waals surface area contributed by atoms with Gasteiger partial charge in [-0.3, -0.25) is 4.79 Å². The van der Waals surface area contributed by atoms with Crippen molar-refractivity contribution in [3.63, 3.8) is 0 Å². The number of carbonyl (C=O) groups is 1. The molecule has 2 aromatic rings. The number of hydrogen-bond acceptors (Lipinski definition) is 3. The Kier molecular flexibility index (Phi) is 6.09. The van der Waals surface area contributed by atoms with Crippen LogP contribution in [0.15, 0.2) is 59.5 Å². The first-order valence-electron chi connectivity index (χ1n) is 11.9. The van der Waals surface area contributed by atoms with Crippen LogP contribution in [0.5, 0.6) is 0 Å². The number of alkyl halides is 3. The molecule has 5 rings (SSSR count). The molecule has 3 fully saturated rings. The van der Waals surface area contributed by atoms with Gasteiger partial charge in [0.15, 0.2) is 0 Å². The number of carbonyl (C=O) groups excluding carboxylic acids is 1. The van der Waals surface area contributed by atoms with Crippen molar-refractivity contribution in [3.05, 3.63) is 65.7 Å². The number of piperidine rings is 1. The Morgan fingerprint density at radius 1 is 0.941 bits per heavy atom. The van der Waals surface area contributed by atoms with Crippen molar-refractivity contribution in [1.82, 2.24) is 4.31 Å². The Hall–Kier alpha value is -2.19. The van der Waals surface area contributed by atoms with Crippen molar-refractivity contribution in [3.8, 4) is 0 Å². The van der Waals surface area contributed by atoms with E-state index in [-0.39, 0.29) is 40.4 Å². The van der Waals surface area contributed by atoms with Crippen molar-refractivity contribution >= 4 is 15.8 Å². The highest BCUT2D eigenvalue weighted by molar-refractivity contribution is 7.89. The second-order valence-corrected chi connectivity index (χ2v) is 11.8. The van der Waals surface area contributed by atoms with Crippen LogP contribution in [0.1, 0.15) is 43.2 Å². The summed E-state index contributed by atoms with van der Waals surface area (Å²) >= 11 is 0. The lowest BCUT2D eigenvalue weighted by Crippen LogP contribution is -2.59. The molecule has 1 heterocycles. The van der Waals surface area contributed by atoms with Crippen LogP contribution in [-0.4, -0.2) is 31.1 Å². The van der Waals surface area contributed by atoms with Gasteiger partial charge < -0.3 is 0 Å². The largest absolute Gasteiger partial charge is 0.416 e. The number of benzene rings is 2. The summed E-state index contributed by atoms with van der Waals surface area (Å²) in [5.41, 5.74) is 0.254. The summed E-state index contributed by atoms with van der Waals surface area (Å²) in [6.07, 6.45) is -0.259. The molecule has 0 N–H and O–H groups in total. The van der Waals surface area contributed by atoms with Gasteiger partial charge in [-0.25, -0.2) is 8.42 Å². The van der Waals surface area contributed by atoms with E-state index >= 15 is 0 Å². The molecule has 4 nitrogen and oxygen atoms in total. The summed E-state index contributed by atoms with van der Waals surface area (Å²) in [5, 5.41) is 0. The van der Waals surface area contributed by atoms with Gasteiger partial charge in [0.25, 0.3) is 0 Å². The van der Waals surface area contributed by atoms with E-state index in [2.05, 4.69) is 0 Å². The molecule has 1 saturated heterocycles. The molecule has 5 atom stereocenters. The minimum Gasteiger partial charge on any atom is -0.299 e. The van der Waals surface area contributed by atoms with E-state index in [1.807, 2.05) is 30.3 Å². The molecule has 0 spiro atoms. The van der Waals surface area contributed by atoms with Gasteiger partial charge in [-0.15, -0.1) is 0 Å².